The number of carbonyl (C=O) groups excluding carboxylic acids is 1. The Labute approximate surface area is 179 Å². The molecule has 1 amide bonds. The van der Waals surface area contributed by atoms with E-state index in [1.165, 1.54) is 12.1 Å². The third-order valence-corrected chi connectivity index (χ3v) is 5.25. The van der Waals surface area contributed by atoms with Crippen molar-refractivity contribution < 1.29 is 23.2 Å². The summed E-state index contributed by atoms with van der Waals surface area (Å²) in [7, 11) is 1.58. The van der Waals surface area contributed by atoms with Crippen LogP contribution in [0.5, 0.6) is 11.5 Å². The van der Waals surface area contributed by atoms with Crippen LogP contribution in [0.15, 0.2) is 40.9 Å². The molecule has 1 aliphatic rings. The monoisotopic (exact) mass is 425 g/mol. The zero-order valence-corrected chi connectivity index (χ0v) is 17.7. The Kier molecular flexibility index (Phi) is 5.88. The zero-order chi connectivity index (χ0) is 22.0. The normalized spacial score (nSPS) is 16.1. The lowest BCUT2D eigenvalue weighted by molar-refractivity contribution is -0.117. The molecule has 7 nitrogen and oxygen atoms in total. The van der Waals surface area contributed by atoms with Gasteiger partial charge in [0, 0.05) is 24.2 Å². The minimum atomic E-state index is -0.326. The van der Waals surface area contributed by atoms with Gasteiger partial charge in [0.05, 0.1) is 19.6 Å². The SMILES string of the molecule is CCCOc1ccc(-c2noc(C3CC(=O)N(c4ccc(F)cc4C)C3)n2)cc1OC. The van der Waals surface area contributed by atoms with Crippen molar-refractivity contribution in [1.29, 1.82) is 0 Å². The van der Waals surface area contributed by atoms with Gasteiger partial charge in [0.15, 0.2) is 11.5 Å². The van der Waals surface area contributed by atoms with Crippen molar-refractivity contribution in [3.8, 4) is 22.9 Å². The summed E-state index contributed by atoms with van der Waals surface area (Å²) < 4.78 is 30.0. The van der Waals surface area contributed by atoms with E-state index in [2.05, 4.69) is 10.1 Å². The third-order valence-electron chi connectivity index (χ3n) is 5.25. The first-order valence-corrected chi connectivity index (χ1v) is 10.2. The van der Waals surface area contributed by atoms with E-state index in [1.54, 1.807) is 31.1 Å². The lowest BCUT2D eigenvalue weighted by atomic mass is 10.1. The van der Waals surface area contributed by atoms with Gasteiger partial charge in [-0.3, -0.25) is 4.79 Å². The molecular weight excluding hydrogens is 401 g/mol. The molecule has 162 valence electrons. The number of aryl methyl sites for hydroxylation is 1. The fourth-order valence-electron chi connectivity index (χ4n) is 3.68. The van der Waals surface area contributed by atoms with Gasteiger partial charge in [0.25, 0.3) is 0 Å². The molecule has 0 aliphatic carbocycles. The summed E-state index contributed by atoms with van der Waals surface area (Å²) in [6.07, 6.45) is 1.15. The van der Waals surface area contributed by atoms with Gasteiger partial charge in [-0.2, -0.15) is 4.98 Å². The van der Waals surface area contributed by atoms with Crippen molar-refractivity contribution in [2.45, 2.75) is 32.6 Å². The van der Waals surface area contributed by atoms with Crippen LogP contribution in [0, 0.1) is 12.7 Å². The molecule has 1 unspecified atom stereocenters. The number of anilines is 1. The number of carbonyl (C=O) groups is 1. The Morgan fingerprint density at radius 3 is 2.81 bits per heavy atom. The molecule has 0 spiro atoms. The molecule has 0 bridgehead atoms. The Morgan fingerprint density at radius 1 is 1.23 bits per heavy atom. The molecule has 1 atom stereocenters. The number of benzene rings is 2. The quantitative estimate of drug-likeness (QED) is 0.555. The van der Waals surface area contributed by atoms with Crippen LogP contribution >= 0.6 is 0 Å². The second-order valence-electron chi connectivity index (χ2n) is 7.51. The van der Waals surface area contributed by atoms with Crippen molar-refractivity contribution in [2.75, 3.05) is 25.2 Å². The summed E-state index contributed by atoms with van der Waals surface area (Å²) in [6.45, 7) is 4.82. The molecule has 0 radical (unpaired) electrons. The van der Waals surface area contributed by atoms with Gasteiger partial charge in [-0.05, 0) is 55.3 Å². The number of halogens is 1. The van der Waals surface area contributed by atoms with E-state index in [-0.39, 0.29) is 24.1 Å². The first kappa shape index (κ1) is 20.8. The second kappa shape index (κ2) is 8.75. The van der Waals surface area contributed by atoms with Crippen molar-refractivity contribution in [2.24, 2.45) is 0 Å². The van der Waals surface area contributed by atoms with Gasteiger partial charge in [-0.25, -0.2) is 4.39 Å². The van der Waals surface area contributed by atoms with Gasteiger partial charge < -0.3 is 18.9 Å². The molecule has 0 saturated carbocycles. The van der Waals surface area contributed by atoms with Gasteiger partial charge in [0.2, 0.25) is 17.6 Å². The van der Waals surface area contributed by atoms with Crippen LogP contribution in [-0.4, -0.2) is 36.3 Å². The van der Waals surface area contributed by atoms with Crippen molar-refractivity contribution in [3.05, 3.63) is 53.7 Å². The number of hydrogen-bond donors (Lipinski definition) is 0. The highest BCUT2D eigenvalue weighted by atomic mass is 19.1. The van der Waals surface area contributed by atoms with Crippen LogP contribution in [0.1, 0.15) is 37.1 Å². The predicted octanol–water partition coefficient (Wildman–Crippen LogP) is 4.50. The van der Waals surface area contributed by atoms with E-state index in [9.17, 15) is 9.18 Å². The zero-order valence-electron chi connectivity index (χ0n) is 17.7. The van der Waals surface area contributed by atoms with E-state index in [4.69, 9.17) is 14.0 Å². The topological polar surface area (TPSA) is 77.7 Å². The predicted molar refractivity (Wildman–Crippen MR) is 113 cm³/mol. The molecule has 1 aliphatic heterocycles. The summed E-state index contributed by atoms with van der Waals surface area (Å²) in [5.41, 5.74) is 2.13. The highest BCUT2D eigenvalue weighted by molar-refractivity contribution is 5.97. The van der Waals surface area contributed by atoms with E-state index >= 15 is 0 Å². The fourth-order valence-corrected chi connectivity index (χ4v) is 3.68. The maximum atomic E-state index is 13.4. The molecule has 31 heavy (non-hydrogen) atoms. The number of amides is 1. The molecule has 8 heteroatoms. The number of aromatic nitrogens is 2. The van der Waals surface area contributed by atoms with Gasteiger partial charge >= 0.3 is 0 Å². The molecule has 1 aromatic heterocycles. The molecule has 1 saturated heterocycles. The first-order valence-electron chi connectivity index (χ1n) is 10.2. The number of hydrogen-bond acceptors (Lipinski definition) is 6. The third kappa shape index (κ3) is 4.23. The largest absolute Gasteiger partial charge is 0.493 e. The lowest BCUT2D eigenvalue weighted by Gasteiger charge is -2.18. The van der Waals surface area contributed by atoms with Crippen molar-refractivity contribution in [3.63, 3.8) is 0 Å². The smallest absolute Gasteiger partial charge is 0.232 e. The van der Waals surface area contributed by atoms with Crippen LogP contribution in [0.25, 0.3) is 11.4 Å². The Bertz CT molecular complexity index is 1100. The maximum Gasteiger partial charge on any atom is 0.232 e. The minimum Gasteiger partial charge on any atom is -0.493 e. The second-order valence-corrected chi connectivity index (χ2v) is 7.51. The molecule has 3 aromatic rings. The van der Waals surface area contributed by atoms with Gasteiger partial charge in [-0.15, -0.1) is 0 Å². The van der Waals surface area contributed by atoms with Crippen LogP contribution < -0.4 is 14.4 Å². The average molecular weight is 425 g/mol. The molecule has 2 heterocycles. The summed E-state index contributed by atoms with van der Waals surface area (Å²) in [6, 6.07) is 9.86. The van der Waals surface area contributed by atoms with E-state index in [0.29, 0.717) is 47.6 Å². The molecular formula is C23H24FN3O4. The first-order chi connectivity index (χ1) is 15.0. The highest BCUT2D eigenvalue weighted by Gasteiger charge is 2.35. The maximum absolute atomic E-state index is 13.4. The van der Waals surface area contributed by atoms with Gasteiger partial charge in [-0.1, -0.05) is 12.1 Å². The van der Waals surface area contributed by atoms with Gasteiger partial charge in [0.1, 0.15) is 5.82 Å². The summed E-state index contributed by atoms with van der Waals surface area (Å²) in [4.78, 5) is 18.8. The summed E-state index contributed by atoms with van der Waals surface area (Å²) >= 11 is 0. The molecule has 0 N–H and O–H groups in total. The highest BCUT2D eigenvalue weighted by Crippen LogP contribution is 2.35. The van der Waals surface area contributed by atoms with Crippen molar-refractivity contribution in [1.82, 2.24) is 10.1 Å². The molecule has 2 aromatic carbocycles. The van der Waals surface area contributed by atoms with Crippen LogP contribution in [0.3, 0.4) is 0 Å². The van der Waals surface area contributed by atoms with Crippen molar-refractivity contribution >= 4 is 11.6 Å². The Hall–Kier alpha value is -3.42. The van der Waals surface area contributed by atoms with E-state index in [1.807, 2.05) is 19.1 Å². The molecule has 4 rings (SSSR count). The van der Waals surface area contributed by atoms with E-state index in [0.717, 1.165) is 12.0 Å². The Morgan fingerprint density at radius 2 is 2.06 bits per heavy atom. The Balaban J connectivity index is 1.53. The summed E-state index contributed by atoms with van der Waals surface area (Å²) in [5.74, 6) is 1.45. The average Bonchev–Trinajstić information content (AvgIpc) is 3.39. The number of methoxy groups -OCH3 is 1. The lowest BCUT2D eigenvalue weighted by Crippen LogP contribution is -2.25. The standard InChI is InChI=1S/C23H24FN3O4/c1-4-9-30-19-8-5-15(11-20(19)29-3)22-25-23(31-26-22)16-12-21(28)27(13-16)18-7-6-17(24)10-14(18)2/h5-8,10-11,16H,4,9,12-13H2,1-3H3. The number of ether oxygens (including phenoxy) is 2. The summed E-state index contributed by atoms with van der Waals surface area (Å²) in [5, 5.41) is 4.09. The minimum absolute atomic E-state index is 0.0569. The molecule has 1 fully saturated rings. The number of nitrogens with zero attached hydrogens (tertiary/aromatic N) is 3. The van der Waals surface area contributed by atoms with Crippen LogP contribution in [0.2, 0.25) is 0 Å². The van der Waals surface area contributed by atoms with Crippen LogP contribution in [0.4, 0.5) is 10.1 Å². The fraction of sp³-hybridized carbons (Fsp3) is 0.348. The number of rotatable bonds is 7. The van der Waals surface area contributed by atoms with Crippen LogP contribution in [-0.2, 0) is 4.79 Å². The van der Waals surface area contributed by atoms with E-state index < -0.39 is 0 Å².